The molecule has 0 saturated heterocycles. The number of fused-ring (bicyclic) bond motifs is 1. The first-order valence-electron chi connectivity index (χ1n) is 5.37. The first-order chi connectivity index (χ1) is 8.18. The van der Waals surface area contributed by atoms with Crippen molar-refractivity contribution in [3.05, 3.63) is 36.4 Å². The Labute approximate surface area is 99.2 Å². The molecule has 88 valence electrons. The second-order valence-corrected chi connectivity index (χ2v) is 3.76. The molecule has 0 spiro atoms. The van der Waals surface area contributed by atoms with Gasteiger partial charge >= 0.3 is 0 Å². The second kappa shape index (κ2) is 4.74. The molecule has 17 heavy (non-hydrogen) atoms. The van der Waals surface area contributed by atoms with Crippen LogP contribution in [0.25, 0.3) is 10.8 Å². The van der Waals surface area contributed by atoms with Gasteiger partial charge in [-0.05, 0) is 12.1 Å². The Hall–Kier alpha value is -2.23. The Balaban J connectivity index is 2.28. The Morgan fingerprint density at radius 3 is 2.53 bits per heavy atom. The summed E-state index contributed by atoms with van der Waals surface area (Å²) in [6.45, 7) is 0.281. The highest BCUT2D eigenvalue weighted by atomic mass is 16.5. The van der Waals surface area contributed by atoms with Crippen molar-refractivity contribution < 1.29 is 9.53 Å². The third-order valence-corrected chi connectivity index (χ3v) is 2.52. The molecule has 0 aliphatic carbocycles. The number of benzene rings is 2. The van der Waals surface area contributed by atoms with Gasteiger partial charge in [0.15, 0.2) is 0 Å². The van der Waals surface area contributed by atoms with Crippen molar-refractivity contribution in [2.45, 2.75) is 6.42 Å². The van der Waals surface area contributed by atoms with E-state index in [2.05, 4.69) is 0 Å². The number of primary amides is 1. The fourth-order valence-electron chi connectivity index (χ4n) is 1.68. The van der Waals surface area contributed by atoms with Crippen molar-refractivity contribution in [3.63, 3.8) is 0 Å². The van der Waals surface area contributed by atoms with E-state index in [1.54, 1.807) is 12.1 Å². The van der Waals surface area contributed by atoms with Crippen molar-refractivity contribution in [1.82, 2.24) is 0 Å². The largest absolute Gasteiger partial charge is 0.492 e. The molecule has 0 unspecified atom stereocenters. The van der Waals surface area contributed by atoms with E-state index in [0.717, 1.165) is 16.5 Å². The Kier molecular flexibility index (Phi) is 3.14. The van der Waals surface area contributed by atoms with Crippen LogP contribution in [0, 0.1) is 0 Å². The quantitative estimate of drug-likeness (QED) is 0.784. The summed E-state index contributed by atoms with van der Waals surface area (Å²) in [7, 11) is 0. The number of rotatable bonds is 4. The molecule has 4 nitrogen and oxygen atoms in total. The van der Waals surface area contributed by atoms with Crippen LogP contribution >= 0.6 is 0 Å². The average Bonchev–Trinajstić information content (AvgIpc) is 2.32. The molecule has 4 heteroatoms. The Morgan fingerprint density at radius 2 is 1.82 bits per heavy atom. The van der Waals surface area contributed by atoms with E-state index in [9.17, 15) is 4.79 Å². The summed E-state index contributed by atoms with van der Waals surface area (Å²) in [6, 6.07) is 11.3. The number of anilines is 1. The van der Waals surface area contributed by atoms with Gasteiger partial charge in [0.1, 0.15) is 5.75 Å². The molecule has 0 atom stereocenters. The van der Waals surface area contributed by atoms with E-state index in [-0.39, 0.29) is 18.9 Å². The maximum Gasteiger partial charge on any atom is 0.220 e. The molecule has 0 fully saturated rings. The summed E-state index contributed by atoms with van der Waals surface area (Å²) in [5.74, 6) is 0.348. The van der Waals surface area contributed by atoms with Crippen LogP contribution in [0.1, 0.15) is 6.42 Å². The highest BCUT2D eigenvalue weighted by Crippen LogP contribution is 2.29. The van der Waals surface area contributed by atoms with E-state index in [1.807, 2.05) is 24.3 Å². The summed E-state index contributed by atoms with van der Waals surface area (Å²) in [5.41, 5.74) is 11.6. The van der Waals surface area contributed by atoms with Gasteiger partial charge in [0.25, 0.3) is 0 Å². The lowest BCUT2D eigenvalue weighted by Gasteiger charge is -2.10. The lowest BCUT2D eigenvalue weighted by molar-refractivity contribution is -0.118. The maximum absolute atomic E-state index is 10.6. The molecule has 1 amide bonds. The zero-order valence-corrected chi connectivity index (χ0v) is 9.35. The Morgan fingerprint density at radius 1 is 1.12 bits per heavy atom. The standard InChI is InChI=1S/C13H14N2O2/c14-11-5-6-12(17-8-7-13(15)16)10-4-2-1-3-9(10)11/h1-6H,7-8,14H2,(H2,15,16). The molecule has 0 bridgehead atoms. The monoisotopic (exact) mass is 230 g/mol. The SMILES string of the molecule is NC(=O)CCOc1ccc(N)c2ccccc12. The summed E-state index contributed by atoms with van der Waals surface area (Å²) in [6.07, 6.45) is 0.207. The van der Waals surface area contributed by atoms with Crippen molar-refractivity contribution in [3.8, 4) is 5.75 Å². The first kappa shape index (κ1) is 11.3. The van der Waals surface area contributed by atoms with Gasteiger partial charge in [0.2, 0.25) is 5.91 Å². The highest BCUT2D eigenvalue weighted by molar-refractivity contribution is 5.97. The van der Waals surface area contributed by atoms with Crippen LogP contribution in [0.5, 0.6) is 5.75 Å². The smallest absolute Gasteiger partial charge is 0.220 e. The summed E-state index contributed by atoms with van der Waals surface area (Å²) in [4.78, 5) is 10.6. The lowest BCUT2D eigenvalue weighted by atomic mass is 10.1. The first-order valence-corrected chi connectivity index (χ1v) is 5.37. The van der Waals surface area contributed by atoms with Crippen LogP contribution in [0.2, 0.25) is 0 Å². The van der Waals surface area contributed by atoms with Gasteiger partial charge in [-0.3, -0.25) is 4.79 Å². The van der Waals surface area contributed by atoms with Crippen LogP contribution < -0.4 is 16.2 Å². The Bertz CT molecular complexity index is 552. The normalized spacial score (nSPS) is 10.4. The molecule has 0 aromatic heterocycles. The third kappa shape index (κ3) is 2.47. The minimum atomic E-state index is -0.371. The zero-order chi connectivity index (χ0) is 12.3. The van der Waals surface area contributed by atoms with Gasteiger partial charge in [-0.1, -0.05) is 24.3 Å². The average molecular weight is 230 g/mol. The molecule has 2 rings (SSSR count). The van der Waals surface area contributed by atoms with Gasteiger partial charge in [0, 0.05) is 16.5 Å². The van der Waals surface area contributed by atoms with Crippen molar-refractivity contribution >= 4 is 22.4 Å². The number of carbonyl (C=O) groups is 1. The van der Waals surface area contributed by atoms with Crippen LogP contribution in [-0.4, -0.2) is 12.5 Å². The summed E-state index contributed by atoms with van der Waals surface area (Å²) in [5, 5.41) is 1.89. The van der Waals surface area contributed by atoms with Crippen molar-refractivity contribution in [2.75, 3.05) is 12.3 Å². The molecular formula is C13H14N2O2. The highest BCUT2D eigenvalue weighted by Gasteiger charge is 2.04. The predicted octanol–water partition coefficient (Wildman–Crippen LogP) is 1.68. The van der Waals surface area contributed by atoms with E-state index in [0.29, 0.717) is 5.69 Å². The second-order valence-electron chi connectivity index (χ2n) is 3.76. The summed E-state index contributed by atoms with van der Waals surface area (Å²) >= 11 is 0. The topological polar surface area (TPSA) is 78.3 Å². The molecular weight excluding hydrogens is 216 g/mol. The van der Waals surface area contributed by atoms with Gasteiger partial charge in [-0.2, -0.15) is 0 Å². The molecule has 0 heterocycles. The number of hydrogen-bond acceptors (Lipinski definition) is 3. The summed E-state index contributed by atoms with van der Waals surface area (Å²) < 4.78 is 5.53. The number of nitrogens with two attached hydrogens (primary N) is 2. The van der Waals surface area contributed by atoms with Crippen molar-refractivity contribution in [1.29, 1.82) is 0 Å². The van der Waals surface area contributed by atoms with Gasteiger partial charge in [-0.15, -0.1) is 0 Å². The van der Waals surface area contributed by atoms with Crippen LogP contribution in [0.4, 0.5) is 5.69 Å². The predicted molar refractivity (Wildman–Crippen MR) is 67.7 cm³/mol. The molecule has 4 N–H and O–H groups in total. The minimum Gasteiger partial charge on any atom is -0.492 e. The van der Waals surface area contributed by atoms with Crippen LogP contribution in [-0.2, 0) is 4.79 Å². The van der Waals surface area contributed by atoms with Gasteiger partial charge in [0.05, 0.1) is 13.0 Å². The van der Waals surface area contributed by atoms with E-state index < -0.39 is 0 Å². The van der Waals surface area contributed by atoms with Crippen LogP contribution in [0.15, 0.2) is 36.4 Å². The minimum absolute atomic E-state index is 0.207. The van der Waals surface area contributed by atoms with E-state index >= 15 is 0 Å². The number of amides is 1. The fraction of sp³-hybridized carbons (Fsp3) is 0.154. The van der Waals surface area contributed by atoms with Gasteiger partial charge in [-0.25, -0.2) is 0 Å². The van der Waals surface area contributed by atoms with E-state index in [1.165, 1.54) is 0 Å². The van der Waals surface area contributed by atoms with Crippen LogP contribution in [0.3, 0.4) is 0 Å². The van der Waals surface area contributed by atoms with Crippen molar-refractivity contribution in [2.24, 2.45) is 5.73 Å². The molecule has 0 saturated carbocycles. The molecule has 0 radical (unpaired) electrons. The zero-order valence-electron chi connectivity index (χ0n) is 9.35. The lowest BCUT2D eigenvalue weighted by Crippen LogP contribution is -2.14. The number of nitrogen functional groups attached to an aromatic ring is 1. The number of carbonyl (C=O) groups excluding carboxylic acids is 1. The maximum atomic E-state index is 10.6. The fourth-order valence-corrected chi connectivity index (χ4v) is 1.68. The molecule has 2 aromatic carbocycles. The van der Waals surface area contributed by atoms with Gasteiger partial charge < -0.3 is 16.2 Å². The molecule has 2 aromatic rings. The molecule has 0 aliphatic rings. The van der Waals surface area contributed by atoms with E-state index in [4.69, 9.17) is 16.2 Å². The number of ether oxygens (including phenoxy) is 1. The number of hydrogen-bond donors (Lipinski definition) is 2. The molecule has 0 aliphatic heterocycles. The third-order valence-electron chi connectivity index (χ3n) is 2.52.